The van der Waals surface area contributed by atoms with E-state index in [1.807, 2.05) is 5.48 Å². The number of aliphatic hydroxyl groups excluding tert-OH is 1. The fourth-order valence-electron chi connectivity index (χ4n) is 0.493. The lowest BCUT2D eigenvalue weighted by atomic mass is 10.5. The quantitative estimate of drug-likeness (QED) is 0.334. The van der Waals surface area contributed by atoms with Gasteiger partial charge in [0, 0.05) is 6.21 Å². The van der Waals surface area contributed by atoms with Gasteiger partial charge in [0.15, 0.2) is 0 Å². The molecule has 0 aromatic carbocycles. The first-order valence-corrected chi connectivity index (χ1v) is 2.41. The Bertz CT molecular complexity index is 154. The van der Waals surface area contributed by atoms with Gasteiger partial charge in [-0.05, 0) is 6.08 Å². The van der Waals surface area contributed by atoms with Crippen LogP contribution in [-0.4, -0.2) is 22.9 Å². The molecule has 1 heterocycles. The molecule has 1 atom stereocenters. The zero-order chi connectivity index (χ0) is 6.69. The van der Waals surface area contributed by atoms with Gasteiger partial charge in [-0.2, -0.15) is 0 Å². The van der Waals surface area contributed by atoms with Crippen LogP contribution in [0.25, 0.3) is 0 Å². The van der Waals surface area contributed by atoms with Crippen LogP contribution in [0.15, 0.2) is 16.9 Å². The van der Waals surface area contributed by atoms with Crippen LogP contribution in [0.5, 0.6) is 0 Å². The average molecular weight is 129 g/mol. The summed E-state index contributed by atoms with van der Waals surface area (Å²) >= 11 is 0. The van der Waals surface area contributed by atoms with Crippen LogP contribution in [0, 0.1) is 0 Å². The molecule has 9 heavy (non-hydrogen) atoms. The highest BCUT2D eigenvalue weighted by Crippen LogP contribution is 1.90. The smallest absolute Gasteiger partial charge is 0.224 e. The van der Waals surface area contributed by atoms with Gasteiger partial charge in [-0.15, -0.1) is 0 Å². The Labute approximate surface area is 51.7 Å². The zero-order valence-electron chi connectivity index (χ0n) is 4.57. The second kappa shape index (κ2) is 2.47. The van der Waals surface area contributed by atoms with Gasteiger partial charge in [0.1, 0.15) is 5.82 Å². The molecule has 0 aromatic heterocycles. The minimum atomic E-state index is -0.954. The average Bonchev–Trinajstić information content (AvgIpc) is 1.88. The highest BCUT2D eigenvalue weighted by atomic mass is 16.5. The Kier molecular flexibility index (Phi) is 1.66. The van der Waals surface area contributed by atoms with E-state index in [2.05, 4.69) is 10.3 Å². The van der Waals surface area contributed by atoms with Crippen molar-refractivity contribution in [2.24, 2.45) is 4.99 Å². The number of allylic oxidation sites excluding steroid dienone is 1. The van der Waals surface area contributed by atoms with Gasteiger partial charge in [-0.3, -0.25) is 10.7 Å². The fraction of sp³-hybridized carbons (Fsp3) is 0.250. The molecule has 0 amide bonds. The van der Waals surface area contributed by atoms with Crippen molar-refractivity contribution in [3.8, 4) is 0 Å². The molecule has 1 aliphatic rings. The third-order valence-corrected chi connectivity index (χ3v) is 0.874. The molecule has 1 unspecified atom stereocenters. The number of hydrogen-bond donors (Lipinski definition) is 4. The fourth-order valence-corrected chi connectivity index (χ4v) is 0.493. The van der Waals surface area contributed by atoms with Crippen LogP contribution < -0.4 is 10.8 Å². The normalized spacial score (nSPS) is 24.7. The molecule has 0 fully saturated rings. The first-order valence-electron chi connectivity index (χ1n) is 2.41. The van der Waals surface area contributed by atoms with E-state index in [4.69, 9.17) is 10.3 Å². The SMILES string of the molecule is ONC1=CC=NC(O)N1. The Morgan fingerprint density at radius 2 is 2.56 bits per heavy atom. The third-order valence-electron chi connectivity index (χ3n) is 0.874. The van der Waals surface area contributed by atoms with E-state index in [9.17, 15) is 0 Å². The minimum absolute atomic E-state index is 0.331. The standard InChI is InChI=1S/C4H7N3O2/c8-4-5-2-1-3(6-4)7-9/h1-2,4,6-9H. The Morgan fingerprint density at radius 3 is 3.00 bits per heavy atom. The zero-order valence-corrected chi connectivity index (χ0v) is 4.57. The molecule has 50 valence electrons. The second-order valence-corrected chi connectivity index (χ2v) is 1.51. The van der Waals surface area contributed by atoms with Crippen molar-refractivity contribution in [3.05, 3.63) is 11.9 Å². The predicted molar refractivity (Wildman–Crippen MR) is 30.6 cm³/mol. The minimum Gasteiger partial charge on any atom is -0.355 e. The summed E-state index contributed by atoms with van der Waals surface area (Å²) in [6.07, 6.45) is 1.93. The van der Waals surface area contributed by atoms with E-state index in [0.29, 0.717) is 5.82 Å². The van der Waals surface area contributed by atoms with Gasteiger partial charge < -0.3 is 10.4 Å². The molecule has 0 saturated heterocycles. The number of hydrogen-bond acceptors (Lipinski definition) is 5. The molecule has 5 heteroatoms. The van der Waals surface area contributed by atoms with Gasteiger partial charge in [-0.25, -0.2) is 4.99 Å². The van der Waals surface area contributed by atoms with Crippen LogP contribution >= 0.6 is 0 Å². The summed E-state index contributed by atoms with van der Waals surface area (Å²) in [6.45, 7) is 0. The van der Waals surface area contributed by atoms with Crippen LogP contribution in [0.1, 0.15) is 0 Å². The van der Waals surface area contributed by atoms with E-state index in [1.54, 1.807) is 0 Å². The summed E-state index contributed by atoms with van der Waals surface area (Å²) in [5, 5.41) is 19.4. The first-order chi connectivity index (χ1) is 4.33. The predicted octanol–water partition coefficient (Wildman–Crippen LogP) is -1.24. The van der Waals surface area contributed by atoms with Crippen molar-refractivity contribution in [1.82, 2.24) is 10.8 Å². The molecular weight excluding hydrogens is 122 g/mol. The molecule has 1 rings (SSSR count). The lowest BCUT2D eigenvalue weighted by molar-refractivity contribution is 0.127. The molecular formula is C4H7N3O2. The number of aliphatic imine (C=N–C) groups is 1. The molecule has 1 aliphatic heterocycles. The topological polar surface area (TPSA) is 76.9 Å². The van der Waals surface area contributed by atoms with Crippen molar-refractivity contribution in [3.63, 3.8) is 0 Å². The maximum Gasteiger partial charge on any atom is 0.224 e. The molecule has 0 radical (unpaired) electrons. The van der Waals surface area contributed by atoms with Gasteiger partial charge >= 0.3 is 0 Å². The first kappa shape index (κ1) is 6.06. The lowest BCUT2D eigenvalue weighted by Gasteiger charge is -2.14. The van der Waals surface area contributed by atoms with Crippen LogP contribution in [0.2, 0.25) is 0 Å². The highest BCUT2D eigenvalue weighted by Gasteiger charge is 2.03. The Morgan fingerprint density at radius 1 is 1.78 bits per heavy atom. The number of aliphatic hydroxyl groups is 1. The molecule has 0 aromatic rings. The number of nitrogens with zero attached hydrogens (tertiary/aromatic N) is 1. The molecule has 5 nitrogen and oxygen atoms in total. The van der Waals surface area contributed by atoms with E-state index in [-0.39, 0.29) is 0 Å². The largest absolute Gasteiger partial charge is 0.355 e. The van der Waals surface area contributed by atoms with Crippen LogP contribution in [-0.2, 0) is 0 Å². The van der Waals surface area contributed by atoms with Gasteiger partial charge in [0.2, 0.25) is 6.35 Å². The van der Waals surface area contributed by atoms with Gasteiger partial charge in [0.25, 0.3) is 0 Å². The summed E-state index contributed by atoms with van der Waals surface area (Å²) in [5.41, 5.74) is 1.83. The van der Waals surface area contributed by atoms with Crippen molar-refractivity contribution in [2.45, 2.75) is 6.35 Å². The molecule has 0 bridgehead atoms. The third kappa shape index (κ3) is 1.41. The van der Waals surface area contributed by atoms with Crippen molar-refractivity contribution < 1.29 is 10.3 Å². The number of hydroxylamine groups is 1. The monoisotopic (exact) mass is 129 g/mol. The Balaban J connectivity index is 2.55. The van der Waals surface area contributed by atoms with Crippen molar-refractivity contribution >= 4 is 6.21 Å². The highest BCUT2D eigenvalue weighted by molar-refractivity contribution is 5.72. The number of rotatable bonds is 1. The van der Waals surface area contributed by atoms with E-state index in [1.165, 1.54) is 12.3 Å². The summed E-state index contributed by atoms with van der Waals surface area (Å²) in [4.78, 5) is 3.52. The van der Waals surface area contributed by atoms with Crippen LogP contribution in [0.4, 0.5) is 0 Å². The van der Waals surface area contributed by atoms with Crippen molar-refractivity contribution in [1.29, 1.82) is 0 Å². The van der Waals surface area contributed by atoms with Gasteiger partial charge in [0.05, 0.1) is 0 Å². The summed E-state index contributed by atoms with van der Waals surface area (Å²) < 4.78 is 0. The van der Waals surface area contributed by atoms with E-state index >= 15 is 0 Å². The lowest BCUT2D eigenvalue weighted by Crippen LogP contribution is -2.34. The van der Waals surface area contributed by atoms with Crippen LogP contribution in [0.3, 0.4) is 0 Å². The molecule has 0 saturated carbocycles. The van der Waals surface area contributed by atoms with Crippen molar-refractivity contribution in [2.75, 3.05) is 0 Å². The van der Waals surface area contributed by atoms with E-state index in [0.717, 1.165) is 0 Å². The number of nitrogens with one attached hydrogen (secondary N) is 2. The second-order valence-electron chi connectivity index (χ2n) is 1.51. The maximum absolute atomic E-state index is 8.71. The molecule has 0 aliphatic carbocycles. The maximum atomic E-state index is 8.71. The molecule has 4 N–H and O–H groups in total. The molecule has 0 spiro atoms. The summed E-state index contributed by atoms with van der Waals surface area (Å²) in [7, 11) is 0. The Hall–Kier alpha value is -1.07. The van der Waals surface area contributed by atoms with Gasteiger partial charge in [-0.1, -0.05) is 0 Å². The summed E-state index contributed by atoms with van der Waals surface area (Å²) in [6, 6.07) is 0. The summed E-state index contributed by atoms with van der Waals surface area (Å²) in [5.74, 6) is 0.331. The van der Waals surface area contributed by atoms with E-state index < -0.39 is 6.35 Å².